The smallest absolute Gasteiger partial charge is 0.210 e. The Bertz CT molecular complexity index is 618. The molecule has 0 radical (unpaired) electrons. The maximum Gasteiger partial charge on any atom is 0.210 e. The molecule has 0 aromatic heterocycles. The molecule has 1 aromatic rings. The number of hydrogen-bond donors (Lipinski definition) is 3. The van der Waals surface area contributed by atoms with Gasteiger partial charge in [0.1, 0.15) is 5.75 Å². The first kappa shape index (κ1) is 21.2. The molecule has 0 heterocycles. The first-order valence-electron chi connectivity index (χ1n) is 8.18. The number of rotatable bonds is 11. The molecule has 0 aliphatic rings. The summed E-state index contributed by atoms with van der Waals surface area (Å²) in [6.07, 6.45) is 0.826. The first-order chi connectivity index (χ1) is 11.9. The Morgan fingerprint density at radius 3 is 2.48 bits per heavy atom. The number of nitrogens with two attached hydrogens (primary N) is 1. The van der Waals surface area contributed by atoms with Crippen molar-refractivity contribution in [2.24, 2.45) is 10.1 Å². The molecule has 0 atom stereocenters. The molecule has 1 rings (SSSR count). The molecule has 25 heavy (non-hydrogen) atoms. The highest BCUT2D eigenvalue weighted by molar-refractivity contribution is 7.89. The van der Waals surface area contributed by atoms with Gasteiger partial charge in [0.2, 0.25) is 10.0 Å². The van der Waals surface area contributed by atoms with Crippen molar-refractivity contribution in [2.45, 2.75) is 19.9 Å². The van der Waals surface area contributed by atoms with Crippen LogP contribution < -0.4 is 20.5 Å². The Hall–Kier alpha value is -1.84. The second-order valence-corrected chi connectivity index (χ2v) is 7.02. The summed E-state index contributed by atoms with van der Waals surface area (Å²) in [6.45, 7) is 4.62. The number of methoxy groups -OCH3 is 1. The van der Waals surface area contributed by atoms with Crippen LogP contribution in [0.5, 0.6) is 5.75 Å². The van der Waals surface area contributed by atoms with Crippen LogP contribution in [0.1, 0.15) is 18.9 Å². The molecule has 0 unspecified atom stereocenters. The van der Waals surface area contributed by atoms with Crippen LogP contribution in [0, 0.1) is 0 Å². The summed E-state index contributed by atoms with van der Waals surface area (Å²) in [6, 6.07) is 7.60. The van der Waals surface area contributed by atoms with Crippen molar-refractivity contribution in [2.75, 3.05) is 39.2 Å². The van der Waals surface area contributed by atoms with E-state index in [1.807, 2.05) is 31.2 Å². The second-order valence-electron chi connectivity index (χ2n) is 5.28. The monoisotopic (exact) mass is 372 g/mol. The van der Waals surface area contributed by atoms with Crippen LogP contribution in [0.25, 0.3) is 0 Å². The molecule has 0 bridgehead atoms. The zero-order valence-corrected chi connectivity index (χ0v) is 15.6. The van der Waals surface area contributed by atoms with E-state index in [1.165, 1.54) is 0 Å². The normalized spacial score (nSPS) is 12.0. The lowest BCUT2D eigenvalue weighted by Gasteiger charge is -2.12. The van der Waals surface area contributed by atoms with Crippen molar-refractivity contribution in [3.05, 3.63) is 29.8 Å². The van der Waals surface area contributed by atoms with E-state index in [0.29, 0.717) is 32.3 Å². The van der Waals surface area contributed by atoms with Gasteiger partial charge in [-0.3, -0.25) is 0 Å². The highest BCUT2D eigenvalue weighted by Crippen LogP contribution is 2.11. The van der Waals surface area contributed by atoms with E-state index in [4.69, 9.17) is 14.6 Å². The number of nitrogens with zero attached hydrogens (tertiary/aromatic N) is 1. The molecule has 0 saturated carbocycles. The number of guanidine groups is 1. The summed E-state index contributed by atoms with van der Waals surface area (Å²) < 4.78 is 32.5. The van der Waals surface area contributed by atoms with Crippen molar-refractivity contribution in [1.82, 2.24) is 10.6 Å². The van der Waals surface area contributed by atoms with Crippen molar-refractivity contribution < 1.29 is 17.9 Å². The Morgan fingerprint density at radius 1 is 1.20 bits per heavy atom. The molecular formula is C16H28N4O4S. The molecule has 0 aliphatic heterocycles. The van der Waals surface area contributed by atoms with Crippen LogP contribution in [0.2, 0.25) is 0 Å². The lowest BCUT2D eigenvalue weighted by atomic mass is 10.2. The van der Waals surface area contributed by atoms with Crippen LogP contribution in [0.4, 0.5) is 0 Å². The summed E-state index contributed by atoms with van der Waals surface area (Å²) in [4.78, 5) is 4.46. The standard InChI is InChI=1S/C16H28N4O4S/c1-3-24-11-4-9-18-16(19-10-12-25(17,21)22)20-13-14-5-7-15(23-2)8-6-14/h5-8H,3-4,9-13H2,1-2H3,(H2,17,21,22)(H2,18,19,20). The Balaban J connectivity index is 2.56. The van der Waals surface area contributed by atoms with E-state index in [0.717, 1.165) is 17.7 Å². The predicted molar refractivity (Wildman–Crippen MR) is 99.2 cm³/mol. The Morgan fingerprint density at radius 2 is 1.88 bits per heavy atom. The van der Waals surface area contributed by atoms with Gasteiger partial charge in [-0.25, -0.2) is 18.5 Å². The number of sulfonamides is 1. The Kier molecular flexibility index (Phi) is 9.90. The fourth-order valence-corrected chi connectivity index (χ4v) is 2.30. The number of nitrogens with one attached hydrogen (secondary N) is 2. The van der Waals surface area contributed by atoms with Crippen molar-refractivity contribution in [3.63, 3.8) is 0 Å². The minimum atomic E-state index is -3.51. The number of ether oxygens (including phenoxy) is 2. The van der Waals surface area contributed by atoms with E-state index < -0.39 is 10.0 Å². The zero-order chi connectivity index (χ0) is 18.5. The predicted octanol–water partition coefficient (Wildman–Crippen LogP) is 0.446. The number of hydrogen-bond acceptors (Lipinski definition) is 5. The van der Waals surface area contributed by atoms with Gasteiger partial charge in [0, 0.05) is 26.3 Å². The second kappa shape index (κ2) is 11.7. The summed E-state index contributed by atoms with van der Waals surface area (Å²) in [5, 5.41) is 11.1. The van der Waals surface area contributed by atoms with E-state index in [1.54, 1.807) is 7.11 Å². The third-order valence-electron chi connectivity index (χ3n) is 3.22. The van der Waals surface area contributed by atoms with Crippen LogP contribution >= 0.6 is 0 Å². The SMILES string of the molecule is CCOCCCNC(=NCc1ccc(OC)cc1)NCCS(N)(=O)=O. The topological polar surface area (TPSA) is 115 Å². The summed E-state index contributed by atoms with van der Waals surface area (Å²) >= 11 is 0. The average Bonchev–Trinajstić information content (AvgIpc) is 2.58. The molecule has 0 amide bonds. The van der Waals surface area contributed by atoms with Crippen molar-refractivity contribution in [3.8, 4) is 5.75 Å². The fraction of sp³-hybridized carbons (Fsp3) is 0.562. The minimum absolute atomic E-state index is 0.158. The molecule has 0 saturated heterocycles. The zero-order valence-electron chi connectivity index (χ0n) is 14.8. The third-order valence-corrected chi connectivity index (χ3v) is 3.99. The van der Waals surface area contributed by atoms with Gasteiger partial charge in [-0.15, -0.1) is 0 Å². The fourth-order valence-electron chi connectivity index (χ4n) is 1.91. The molecule has 0 aliphatic carbocycles. The molecule has 4 N–H and O–H groups in total. The maximum absolute atomic E-state index is 11.0. The van der Waals surface area contributed by atoms with E-state index in [-0.39, 0.29) is 12.3 Å². The highest BCUT2D eigenvalue weighted by atomic mass is 32.2. The number of benzene rings is 1. The van der Waals surface area contributed by atoms with Gasteiger partial charge in [0.15, 0.2) is 5.96 Å². The van der Waals surface area contributed by atoms with Crippen LogP contribution in [0.15, 0.2) is 29.3 Å². The van der Waals surface area contributed by atoms with Gasteiger partial charge in [-0.2, -0.15) is 0 Å². The lowest BCUT2D eigenvalue weighted by Crippen LogP contribution is -2.41. The lowest BCUT2D eigenvalue weighted by molar-refractivity contribution is 0.145. The van der Waals surface area contributed by atoms with Gasteiger partial charge in [0.25, 0.3) is 0 Å². The number of primary sulfonamides is 1. The van der Waals surface area contributed by atoms with Crippen LogP contribution in [-0.2, 0) is 21.3 Å². The van der Waals surface area contributed by atoms with Crippen molar-refractivity contribution >= 4 is 16.0 Å². The molecule has 8 nitrogen and oxygen atoms in total. The Labute approximate surface area is 149 Å². The molecule has 0 fully saturated rings. The van der Waals surface area contributed by atoms with Crippen LogP contribution in [0.3, 0.4) is 0 Å². The van der Waals surface area contributed by atoms with Gasteiger partial charge >= 0.3 is 0 Å². The molecule has 0 spiro atoms. The molecule has 9 heteroatoms. The van der Waals surface area contributed by atoms with E-state index in [9.17, 15) is 8.42 Å². The summed E-state index contributed by atoms with van der Waals surface area (Å²) in [7, 11) is -1.89. The quantitative estimate of drug-likeness (QED) is 0.295. The van der Waals surface area contributed by atoms with Gasteiger partial charge < -0.3 is 20.1 Å². The van der Waals surface area contributed by atoms with Crippen LogP contribution in [-0.4, -0.2) is 53.5 Å². The molecule has 142 valence electrons. The van der Waals surface area contributed by atoms with E-state index in [2.05, 4.69) is 15.6 Å². The van der Waals surface area contributed by atoms with E-state index >= 15 is 0 Å². The largest absolute Gasteiger partial charge is 0.497 e. The minimum Gasteiger partial charge on any atom is -0.497 e. The van der Waals surface area contributed by atoms with Gasteiger partial charge in [-0.05, 0) is 31.0 Å². The van der Waals surface area contributed by atoms with Crippen molar-refractivity contribution in [1.29, 1.82) is 0 Å². The molecule has 1 aromatic carbocycles. The average molecular weight is 372 g/mol. The van der Waals surface area contributed by atoms with Gasteiger partial charge in [-0.1, -0.05) is 12.1 Å². The highest BCUT2D eigenvalue weighted by Gasteiger charge is 2.04. The summed E-state index contributed by atoms with van der Waals surface area (Å²) in [5.41, 5.74) is 1.02. The van der Waals surface area contributed by atoms with Gasteiger partial charge in [0.05, 0.1) is 19.4 Å². The third kappa shape index (κ3) is 10.6. The first-order valence-corrected chi connectivity index (χ1v) is 9.89. The molecular weight excluding hydrogens is 344 g/mol. The summed E-state index contributed by atoms with van der Waals surface area (Å²) in [5.74, 6) is 1.17. The maximum atomic E-state index is 11.0. The number of aliphatic imine (C=N–C) groups is 1.